The van der Waals surface area contributed by atoms with Gasteiger partial charge >= 0.3 is 0 Å². The molecular formula is C16H11ClFN7O. The Morgan fingerprint density at radius 1 is 1.31 bits per heavy atom. The molecule has 0 aliphatic rings. The van der Waals surface area contributed by atoms with Gasteiger partial charge < -0.3 is 4.98 Å². The van der Waals surface area contributed by atoms with Crippen molar-refractivity contribution in [3.63, 3.8) is 0 Å². The van der Waals surface area contributed by atoms with Gasteiger partial charge in [0.1, 0.15) is 22.7 Å². The van der Waals surface area contributed by atoms with E-state index in [1.807, 2.05) is 0 Å². The number of benzene rings is 1. The fourth-order valence-corrected chi connectivity index (χ4v) is 2.57. The van der Waals surface area contributed by atoms with Gasteiger partial charge in [-0.2, -0.15) is 5.10 Å². The van der Waals surface area contributed by atoms with Crippen molar-refractivity contribution in [3.8, 4) is 5.69 Å². The number of hydrogen-bond donors (Lipinski definition) is 1. The average Bonchev–Trinajstić information content (AvgIpc) is 3.23. The van der Waals surface area contributed by atoms with Crippen LogP contribution < -0.4 is 5.56 Å². The van der Waals surface area contributed by atoms with Crippen molar-refractivity contribution in [3.05, 3.63) is 63.3 Å². The number of aromatic nitrogens is 7. The number of H-pyrrole nitrogens is 1. The second-order valence-electron chi connectivity index (χ2n) is 5.48. The third-order valence-corrected chi connectivity index (χ3v) is 4.00. The molecular weight excluding hydrogens is 361 g/mol. The molecule has 0 atom stereocenters. The quantitative estimate of drug-likeness (QED) is 0.595. The Balaban J connectivity index is 1.64. The van der Waals surface area contributed by atoms with E-state index in [1.54, 1.807) is 31.5 Å². The second kappa shape index (κ2) is 6.19. The van der Waals surface area contributed by atoms with E-state index in [9.17, 15) is 9.18 Å². The zero-order chi connectivity index (χ0) is 18.3. The van der Waals surface area contributed by atoms with E-state index in [-0.39, 0.29) is 10.6 Å². The first-order valence-electron chi connectivity index (χ1n) is 7.49. The lowest BCUT2D eigenvalue weighted by Gasteiger charge is -2.00. The largest absolute Gasteiger partial charge is 0.306 e. The zero-order valence-electron chi connectivity index (χ0n) is 13.4. The summed E-state index contributed by atoms with van der Waals surface area (Å²) in [5.41, 5.74) is 1.31. The molecule has 10 heteroatoms. The second-order valence-corrected chi connectivity index (χ2v) is 5.88. The average molecular weight is 372 g/mol. The molecule has 8 nitrogen and oxygen atoms in total. The molecule has 0 fully saturated rings. The number of fused-ring (bicyclic) bond motifs is 1. The molecule has 0 bridgehead atoms. The molecule has 3 heterocycles. The molecule has 0 saturated carbocycles. The van der Waals surface area contributed by atoms with Gasteiger partial charge in [0.15, 0.2) is 5.65 Å². The van der Waals surface area contributed by atoms with Crippen molar-refractivity contribution in [2.24, 2.45) is 7.05 Å². The van der Waals surface area contributed by atoms with E-state index in [4.69, 9.17) is 11.6 Å². The van der Waals surface area contributed by atoms with Gasteiger partial charge in [0.25, 0.3) is 5.56 Å². The number of aromatic amines is 1. The maximum atomic E-state index is 13.2. The van der Waals surface area contributed by atoms with Crippen LogP contribution in [0.5, 0.6) is 0 Å². The van der Waals surface area contributed by atoms with Crippen molar-refractivity contribution >= 4 is 34.8 Å². The van der Waals surface area contributed by atoms with Crippen LogP contribution in [0.15, 0.2) is 35.4 Å². The number of hydrogen-bond acceptors (Lipinski definition) is 5. The lowest BCUT2D eigenvalue weighted by molar-refractivity contribution is 0.627. The van der Waals surface area contributed by atoms with Crippen molar-refractivity contribution in [1.29, 1.82) is 0 Å². The fourth-order valence-electron chi connectivity index (χ4n) is 2.40. The van der Waals surface area contributed by atoms with Crippen LogP contribution in [0.25, 0.3) is 28.9 Å². The predicted octanol–water partition coefficient (Wildman–Crippen LogP) is 2.20. The lowest BCUT2D eigenvalue weighted by atomic mass is 10.3. The van der Waals surface area contributed by atoms with E-state index in [0.717, 1.165) is 0 Å². The van der Waals surface area contributed by atoms with Crippen LogP contribution in [0.4, 0.5) is 4.39 Å². The third kappa shape index (κ3) is 2.88. The molecule has 0 spiro atoms. The summed E-state index contributed by atoms with van der Waals surface area (Å²) in [6, 6.07) is 4.25. The van der Waals surface area contributed by atoms with E-state index < -0.39 is 5.82 Å². The summed E-state index contributed by atoms with van der Waals surface area (Å²) in [6.45, 7) is 0. The van der Waals surface area contributed by atoms with Gasteiger partial charge in [0.2, 0.25) is 0 Å². The maximum Gasteiger partial charge on any atom is 0.262 e. The van der Waals surface area contributed by atoms with Gasteiger partial charge in [0, 0.05) is 7.05 Å². The number of rotatable bonds is 3. The van der Waals surface area contributed by atoms with Crippen molar-refractivity contribution in [1.82, 2.24) is 34.7 Å². The van der Waals surface area contributed by atoms with E-state index >= 15 is 0 Å². The normalized spacial score (nSPS) is 11.7. The highest BCUT2D eigenvalue weighted by Crippen LogP contribution is 2.18. The van der Waals surface area contributed by atoms with E-state index in [1.165, 1.54) is 27.7 Å². The van der Waals surface area contributed by atoms with Gasteiger partial charge in [-0.1, -0.05) is 16.8 Å². The Morgan fingerprint density at radius 2 is 2.15 bits per heavy atom. The molecule has 1 N–H and O–H groups in total. The summed E-state index contributed by atoms with van der Waals surface area (Å²) in [4.78, 5) is 19.0. The van der Waals surface area contributed by atoms with Crippen LogP contribution in [0.3, 0.4) is 0 Å². The van der Waals surface area contributed by atoms with Gasteiger partial charge in [0.05, 0.1) is 23.1 Å². The third-order valence-electron chi connectivity index (χ3n) is 3.71. The minimum Gasteiger partial charge on any atom is -0.306 e. The molecule has 4 rings (SSSR count). The molecule has 0 unspecified atom stereocenters. The Bertz CT molecular complexity index is 1210. The van der Waals surface area contributed by atoms with Crippen LogP contribution in [0.1, 0.15) is 11.5 Å². The van der Waals surface area contributed by atoms with Crippen molar-refractivity contribution < 1.29 is 4.39 Å². The highest BCUT2D eigenvalue weighted by Gasteiger charge is 2.07. The number of halogens is 2. The highest BCUT2D eigenvalue weighted by atomic mass is 35.5. The summed E-state index contributed by atoms with van der Waals surface area (Å²) in [5, 5.41) is 12.4. The number of aryl methyl sites for hydroxylation is 1. The summed E-state index contributed by atoms with van der Waals surface area (Å²) in [6.07, 6.45) is 6.36. The maximum absolute atomic E-state index is 13.2. The molecule has 0 amide bonds. The molecule has 130 valence electrons. The van der Waals surface area contributed by atoms with Gasteiger partial charge in [-0.05, 0) is 30.4 Å². The fraction of sp³-hybridized carbons (Fsp3) is 0.0625. The van der Waals surface area contributed by atoms with Crippen LogP contribution in [-0.2, 0) is 7.05 Å². The predicted molar refractivity (Wildman–Crippen MR) is 94.4 cm³/mol. The lowest BCUT2D eigenvalue weighted by Crippen LogP contribution is -2.09. The molecule has 26 heavy (non-hydrogen) atoms. The van der Waals surface area contributed by atoms with Crippen molar-refractivity contribution in [2.75, 3.05) is 0 Å². The standard InChI is InChI=1S/C16H11ClFN7O/c1-24-15-11(7-19-24)16(26)21-14(20-15)5-2-9-8-25(23-22-9)10-3-4-13(18)12(17)6-10/h2-8H,1H3,(H,20,21,26)/b5-2+. The van der Waals surface area contributed by atoms with E-state index in [0.29, 0.717) is 28.2 Å². The molecule has 1 aromatic carbocycles. The molecule has 0 aliphatic heterocycles. The number of nitrogens with zero attached hydrogens (tertiary/aromatic N) is 6. The Hall–Kier alpha value is -3.33. The van der Waals surface area contributed by atoms with Crippen LogP contribution in [-0.4, -0.2) is 34.7 Å². The minimum atomic E-state index is -0.503. The molecule has 4 aromatic rings. The Kier molecular flexibility index (Phi) is 3.85. The zero-order valence-corrected chi connectivity index (χ0v) is 14.1. The molecule has 0 radical (unpaired) electrons. The number of nitrogens with one attached hydrogen (secondary N) is 1. The van der Waals surface area contributed by atoms with Gasteiger partial charge in [-0.25, -0.2) is 14.1 Å². The van der Waals surface area contributed by atoms with Crippen LogP contribution in [0, 0.1) is 5.82 Å². The Morgan fingerprint density at radius 3 is 2.96 bits per heavy atom. The summed E-state index contributed by atoms with van der Waals surface area (Å²) in [5.74, 6) is -0.137. The topological polar surface area (TPSA) is 94.3 Å². The summed E-state index contributed by atoms with van der Waals surface area (Å²) >= 11 is 5.78. The Labute approximate surface area is 150 Å². The highest BCUT2D eigenvalue weighted by molar-refractivity contribution is 6.30. The van der Waals surface area contributed by atoms with Gasteiger partial charge in [-0.15, -0.1) is 5.10 Å². The molecule has 3 aromatic heterocycles. The minimum absolute atomic E-state index is 0.00125. The molecule has 0 saturated heterocycles. The van der Waals surface area contributed by atoms with Gasteiger partial charge in [-0.3, -0.25) is 9.48 Å². The van der Waals surface area contributed by atoms with Crippen molar-refractivity contribution in [2.45, 2.75) is 0 Å². The van der Waals surface area contributed by atoms with E-state index in [2.05, 4.69) is 25.4 Å². The van der Waals surface area contributed by atoms with Crippen LogP contribution >= 0.6 is 11.6 Å². The monoisotopic (exact) mass is 371 g/mol. The molecule has 0 aliphatic carbocycles. The first kappa shape index (κ1) is 16.2. The SMILES string of the molecule is Cn1ncc2c(=O)[nH]c(/C=C/c3cn(-c4ccc(F)c(Cl)c4)nn3)nc21. The first-order valence-corrected chi connectivity index (χ1v) is 7.87. The smallest absolute Gasteiger partial charge is 0.262 e. The first-order chi connectivity index (χ1) is 12.5. The summed E-state index contributed by atoms with van der Waals surface area (Å²) in [7, 11) is 1.71. The van der Waals surface area contributed by atoms with Crippen LogP contribution in [0.2, 0.25) is 5.02 Å². The summed E-state index contributed by atoms with van der Waals surface area (Å²) < 4.78 is 16.2.